The van der Waals surface area contributed by atoms with Crippen molar-refractivity contribution in [3.63, 3.8) is 0 Å². The first kappa shape index (κ1) is 16.9. The zero-order valence-electron chi connectivity index (χ0n) is 14.6. The molecule has 0 saturated heterocycles. The molecule has 4 rings (SSSR count). The SMILES string of the molecule is CCNC(=O)c1ccc2nc(-c3ccc(Cl)cc3)c3c(c2c1)NCCC3. The summed E-state index contributed by atoms with van der Waals surface area (Å²) in [6.07, 6.45) is 2.03. The number of anilines is 1. The number of pyridine rings is 1. The van der Waals surface area contributed by atoms with Crippen molar-refractivity contribution in [2.45, 2.75) is 19.8 Å². The summed E-state index contributed by atoms with van der Waals surface area (Å²) in [4.78, 5) is 17.1. The van der Waals surface area contributed by atoms with E-state index in [1.54, 1.807) is 0 Å². The third-order valence-corrected chi connectivity index (χ3v) is 4.96. The zero-order chi connectivity index (χ0) is 18.1. The summed E-state index contributed by atoms with van der Waals surface area (Å²) in [5, 5.41) is 8.10. The fourth-order valence-electron chi connectivity index (χ4n) is 3.48. The molecule has 1 aliphatic rings. The van der Waals surface area contributed by atoms with Gasteiger partial charge in [-0.2, -0.15) is 0 Å². The third kappa shape index (κ3) is 3.01. The molecule has 0 aliphatic carbocycles. The van der Waals surface area contributed by atoms with Crippen molar-refractivity contribution in [3.8, 4) is 11.3 Å². The molecule has 132 valence electrons. The second-order valence-electron chi connectivity index (χ2n) is 6.44. The number of halogens is 1. The molecule has 0 radical (unpaired) electrons. The van der Waals surface area contributed by atoms with Crippen molar-refractivity contribution >= 4 is 34.1 Å². The fraction of sp³-hybridized carbons (Fsp3) is 0.238. The molecule has 0 atom stereocenters. The van der Waals surface area contributed by atoms with Crippen molar-refractivity contribution in [1.82, 2.24) is 10.3 Å². The number of aromatic nitrogens is 1. The van der Waals surface area contributed by atoms with Crippen LogP contribution in [0.15, 0.2) is 42.5 Å². The maximum Gasteiger partial charge on any atom is 0.251 e. The monoisotopic (exact) mass is 365 g/mol. The molecule has 1 aromatic heterocycles. The van der Waals surface area contributed by atoms with Crippen LogP contribution >= 0.6 is 11.6 Å². The molecule has 4 nitrogen and oxygen atoms in total. The highest BCUT2D eigenvalue weighted by molar-refractivity contribution is 6.30. The van der Waals surface area contributed by atoms with E-state index in [1.807, 2.05) is 49.4 Å². The van der Waals surface area contributed by atoms with Crippen molar-refractivity contribution in [2.75, 3.05) is 18.4 Å². The smallest absolute Gasteiger partial charge is 0.251 e. The molecule has 1 amide bonds. The molecule has 0 saturated carbocycles. The molecular weight excluding hydrogens is 346 g/mol. The summed E-state index contributed by atoms with van der Waals surface area (Å²) < 4.78 is 0. The predicted octanol–water partition coefficient (Wildman–Crippen LogP) is 4.66. The lowest BCUT2D eigenvalue weighted by Crippen LogP contribution is -2.22. The minimum atomic E-state index is -0.0549. The molecule has 0 spiro atoms. The number of rotatable bonds is 3. The Morgan fingerprint density at radius 2 is 2.04 bits per heavy atom. The first-order valence-electron chi connectivity index (χ1n) is 8.92. The van der Waals surface area contributed by atoms with Gasteiger partial charge in [0.05, 0.1) is 11.2 Å². The number of hydrogen-bond acceptors (Lipinski definition) is 3. The van der Waals surface area contributed by atoms with Crippen molar-refractivity contribution in [1.29, 1.82) is 0 Å². The quantitative estimate of drug-likeness (QED) is 0.709. The van der Waals surface area contributed by atoms with Crippen molar-refractivity contribution < 1.29 is 4.79 Å². The molecule has 0 fully saturated rings. The number of amides is 1. The molecule has 0 bridgehead atoms. The Labute approximate surface area is 157 Å². The van der Waals surface area contributed by atoms with Crippen LogP contribution in [-0.2, 0) is 6.42 Å². The molecule has 3 aromatic rings. The van der Waals surface area contributed by atoms with Crippen LogP contribution in [-0.4, -0.2) is 24.0 Å². The summed E-state index contributed by atoms with van der Waals surface area (Å²) in [6.45, 7) is 3.46. The van der Waals surface area contributed by atoms with Gasteiger partial charge in [-0.3, -0.25) is 4.79 Å². The highest BCUT2D eigenvalue weighted by Gasteiger charge is 2.20. The highest BCUT2D eigenvalue weighted by Crippen LogP contribution is 2.37. The Morgan fingerprint density at radius 1 is 1.23 bits per heavy atom. The number of benzene rings is 2. The van der Waals surface area contributed by atoms with E-state index in [4.69, 9.17) is 16.6 Å². The molecule has 2 N–H and O–H groups in total. The fourth-order valence-corrected chi connectivity index (χ4v) is 3.60. The van der Waals surface area contributed by atoms with E-state index in [2.05, 4.69) is 10.6 Å². The largest absolute Gasteiger partial charge is 0.384 e. The maximum atomic E-state index is 12.2. The summed E-state index contributed by atoms with van der Waals surface area (Å²) in [5.41, 5.74) is 5.90. The first-order chi connectivity index (χ1) is 12.7. The average Bonchev–Trinajstić information content (AvgIpc) is 2.68. The molecule has 2 aromatic carbocycles. The number of hydrogen-bond donors (Lipinski definition) is 2. The lowest BCUT2D eigenvalue weighted by molar-refractivity contribution is 0.0956. The van der Waals surface area contributed by atoms with Crippen LogP contribution in [0.25, 0.3) is 22.2 Å². The summed E-state index contributed by atoms with van der Waals surface area (Å²) in [6, 6.07) is 13.5. The van der Waals surface area contributed by atoms with Gasteiger partial charge < -0.3 is 10.6 Å². The molecular formula is C21H20ClN3O. The molecule has 5 heteroatoms. The normalized spacial score (nSPS) is 13.2. The third-order valence-electron chi connectivity index (χ3n) is 4.71. The van der Waals surface area contributed by atoms with E-state index in [9.17, 15) is 4.79 Å². The van der Waals surface area contributed by atoms with Gasteiger partial charge in [0.2, 0.25) is 0 Å². The number of carbonyl (C=O) groups excluding carboxylic acids is 1. The van der Waals surface area contributed by atoms with Gasteiger partial charge in [-0.15, -0.1) is 0 Å². The summed E-state index contributed by atoms with van der Waals surface area (Å²) in [7, 11) is 0. The van der Waals surface area contributed by atoms with E-state index in [1.165, 1.54) is 5.56 Å². The van der Waals surface area contributed by atoms with Gasteiger partial charge in [-0.25, -0.2) is 4.98 Å². The number of fused-ring (bicyclic) bond motifs is 3. The molecule has 1 aliphatic heterocycles. The van der Waals surface area contributed by atoms with E-state index < -0.39 is 0 Å². The van der Waals surface area contributed by atoms with E-state index >= 15 is 0 Å². The molecule has 0 unspecified atom stereocenters. The van der Waals surface area contributed by atoms with E-state index in [0.717, 1.165) is 47.2 Å². The second-order valence-corrected chi connectivity index (χ2v) is 6.88. The Hall–Kier alpha value is -2.59. The summed E-state index contributed by atoms with van der Waals surface area (Å²) >= 11 is 6.04. The number of nitrogens with one attached hydrogen (secondary N) is 2. The Kier molecular flexibility index (Phi) is 4.51. The van der Waals surface area contributed by atoms with Crippen LogP contribution in [0, 0.1) is 0 Å². The predicted molar refractivity (Wildman–Crippen MR) is 107 cm³/mol. The average molecular weight is 366 g/mol. The molecule has 2 heterocycles. The Bertz CT molecular complexity index is 983. The Morgan fingerprint density at radius 3 is 2.81 bits per heavy atom. The van der Waals surface area contributed by atoms with Gasteiger partial charge >= 0.3 is 0 Å². The van der Waals surface area contributed by atoms with Crippen LogP contribution in [0.1, 0.15) is 29.3 Å². The van der Waals surface area contributed by atoms with Crippen molar-refractivity contribution in [3.05, 3.63) is 58.6 Å². The van der Waals surface area contributed by atoms with Crippen LogP contribution in [0.4, 0.5) is 5.69 Å². The van der Waals surface area contributed by atoms with Gasteiger partial charge in [0.1, 0.15) is 0 Å². The van der Waals surface area contributed by atoms with E-state index in [-0.39, 0.29) is 5.91 Å². The summed E-state index contributed by atoms with van der Waals surface area (Å²) in [5.74, 6) is -0.0549. The molecule has 26 heavy (non-hydrogen) atoms. The lowest BCUT2D eigenvalue weighted by Gasteiger charge is -2.23. The standard InChI is InChI=1S/C21H20ClN3O/c1-2-23-21(26)14-7-10-18-17(12-14)20-16(4-3-11-24-20)19(25-18)13-5-8-15(22)9-6-13/h5-10,12,24H,2-4,11H2,1H3,(H,23,26). The van der Waals surface area contributed by atoms with Gasteiger partial charge in [-0.05, 0) is 50.1 Å². The lowest BCUT2D eigenvalue weighted by atomic mass is 9.94. The minimum absolute atomic E-state index is 0.0549. The van der Waals surface area contributed by atoms with Crippen LogP contribution in [0.3, 0.4) is 0 Å². The maximum absolute atomic E-state index is 12.2. The van der Waals surface area contributed by atoms with Crippen LogP contribution < -0.4 is 10.6 Å². The highest BCUT2D eigenvalue weighted by atomic mass is 35.5. The second kappa shape index (κ2) is 6.96. The van der Waals surface area contributed by atoms with E-state index in [0.29, 0.717) is 17.1 Å². The Balaban J connectivity index is 1.91. The number of carbonyl (C=O) groups is 1. The van der Waals surface area contributed by atoms with Gasteiger partial charge in [0, 0.05) is 45.9 Å². The van der Waals surface area contributed by atoms with Crippen LogP contribution in [0.2, 0.25) is 5.02 Å². The van der Waals surface area contributed by atoms with Crippen LogP contribution in [0.5, 0.6) is 0 Å². The minimum Gasteiger partial charge on any atom is -0.384 e. The first-order valence-corrected chi connectivity index (χ1v) is 9.30. The zero-order valence-corrected chi connectivity index (χ0v) is 15.4. The van der Waals surface area contributed by atoms with Gasteiger partial charge in [0.15, 0.2) is 0 Å². The van der Waals surface area contributed by atoms with Gasteiger partial charge in [0.25, 0.3) is 5.91 Å². The van der Waals surface area contributed by atoms with Gasteiger partial charge in [-0.1, -0.05) is 23.7 Å². The topological polar surface area (TPSA) is 54.0 Å². The van der Waals surface area contributed by atoms with Crippen molar-refractivity contribution in [2.24, 2.45) is 0 Å². The number of nitrogens with zero attached hydrogens (tertiary/aromatic N) is 1.